The summed E-state index contributed by atoms with van der Waals surface area (Å²) in [4.78, 5) is 23.8. The van der Waals surface area contributed by atoms with E-state index in [0.717, 1.165) is 17.5 Å². The molecule has 0 aliphatic carbocycles. The van der Waals surface area contributed by atoms with Gasteiger partial charge in [0, 0.05) is 25.8 Å². The van der Waals surface area contributed by atoms with Gasteiger partial charge in [0.05, 0.1) is 13.2 Å². The van der Waals surface area contributed by atoms with Gasteiger partial charge in [0.25, 0.3) is 5.91 Å². The molecule has 0 aliphatic rings. The zero-order valence-corrected chi connectivity index (χ0v) is 16.3. The van der Waals surface area contributed by atoms with E-state index in [1.165, 1.54) is 12.7 Å². The van der Waals surface area contributed by atoms with E-state index in [0.29, 0.717) is 23.8 Å². The van der Waals surface area contributed by atoms with Gasteiger partial charge in [0.1, 0.15) is 0 Å². The van der Waals surface area contributed by atoms with Crippen molar-refractivity contribution >= 4 is 11.9 Å². The van der Waals surface area contributed by atoms with Crippen molar-refractivity contribution in [2.24, 2.45) is 0 Å². The van der Waals surface area contributed by atoms with Crippen LogP contribution in [0.2, 0.25) is 0 Å². The van der Waals surface area contributed by atoms with Gasteiger partial charge in [-0.1, -0.05) is 43.3 Å². The Morgan fingerprint density at radius 2 is 1.57 bits per heavy atom. The van der Waals surface area contributed by atoms with Gasteiger partial charge in [-0.25, -0.2) is 9.86 Å². The molecule has 0 heterocycles. The molecule has 150 valence electrons. The van der Waals surface area contributed by atoms with Crippen LogP contribution in [-0.4, -0.2) is 55.6 Å². The van der Waals surface area contributed by atoms with E-state index in [-0.39, 0.29) is 19.0 Å². The molecule has 0 fully saturated rings. The molecule has 0 saturated heterocycles. The predicted molar refractivity (Wildman–Crippen MR) is 107 cm³/mol. The SMILES string of the molecule is CCc1ccc(-c2ccc(C(=O)NCCN(O)C(=O)NCCOC)cc2)cc1. The summed E-state index contributed by atoms with van der Waals surface area (Å²) in [5, 5.41) is 15.3. The molecule has 0 radical (unpaired) electrons. The highest BCUT2D eigenvalue weighted by Gasteiger charge is 2.11. The van der Waals surface area contributed by atoms with Crippen LogP contribution in [0.25, 0.3) is 11.1 Å². The van der Waals surface area contributed by atoms with E-state index in [1.807, 2.05) is 12.1 Å². The van der Waals surface area contributed by atoms with Gasteiger partial charge < -0.3 is 15.4 Å². The number of urea groups is 1. The summed E-state index contributed by atoms with van der Waals surface area (Å²) in [5.74, 6) is -0.263. The van der Waals surface area contributed by atoms with Gasteiger partial charge in [-0.3, -0.25) is 10.0 Å². The first-order valence-corrected chi connectivity index (χ1v) is 9.26. The quantitative estimate of drug-likeness (QED) is 0.352. The first kappa shape index (κ1) is 21.4. The predicted octanol–water partition coefficient (Wildman–Crippen LogP) is 2.69. The molecule has 2 aromatic rings. The molecule has 7 nitrogen and oxygen atoms in total. The molecule has 0 atom stereocenters. The second-order valence-electron chi connectivity index (χ2n) is 6.23. The summed E-state index contributed by atoms with van der Waals surface area (Å²) in [6, 6.07) is 15.0. The number of benzene rings is 2. The Kier molecular flexibility index (Phi) is 8.45. The first-order chi connectivity index (χ1) is 13.5. The van der Waals surface area contributed by atoms with Crippen LogP contribution >= 0.6 is 0 Å². The molecule has 0 unspecified atom stereocenters. The highest BCUT2D eigenvalue weighted by atomic mass is 16.5. The Balaban J connectivity index is 1.81. The summed E-state index contributed by atoms with van der Waals surface area (Å²) < 4.78 is 4.81. The second kappa shape index (κ2) is 11.1. The number of hydrogen-bond donors (Lipinski definition) is 3. The lowest BCUT2D eigenvalue weighted by Gasteiger charge is -2.16. The third-order valence-corrected chi connectivity index (χ3v) is 4.27. The molecule has 0 aromatic heterocycles. The van der Waals surface area contributed by atoms with Gasteiger partial charge in [0.2, 0.25) is 0 Å². The van der Waals surface area contributed by atoms with Crippen molar-refractivity contribution in [1.82, 2.24) is 15.7 Å². The average Bonchev–Trinajstić information content (AvgIpc) is 2.73. The lowest BCUT2D eigenvalue weighted by molar-refractivity contribution is -0.0417. The summed E-state index contributed by atoms with van der Waals surface area (Å²) >= 11 is 0. The lowest BCUT2D eigenvalue weighted by atomic mass is 10.0. The van der Waals surface area contributed by atoms with Crippen LogP contribution in [0.15, 0.2) is 48.5 Å². The number of nitrogens with zero attached hydrogens (tertiary/aromatic N) is 1. The van der Waals surface area contributed by atoms with Crippen molar-refractivity contribution in [2.45, 2.75) is 13.3 Å². The van der Waals surface area contributed by atoms with E-state index in [9.17, 15) is 14.8 Å². The average molecular weight is 385 g/mol. The Morgan fingerprint density at radius 1 is 0.964 bits per heavy atom. The van der Waals surface area contributed by atoms with Crippen molar-refractivity contribution in [3.05, 3.63) is 59.7 Å². The Bertz CT molecular complexity index is 760. The van der Waals surface area contributed by atoms with Crippen molar-refractivity contribution < 1.29 is 19.5 Å². The topological polar surface area (TPSA) is 90.9 Å². The number of carbonyl (C=O) groups excluding carboxylic acids is 2. The molecule has 3 amide bonds. The summed E-state index contributed by atoms with van der Waals surface area (Å²) in [6.07, 6.45) is 0.999. The van der Waals surface area contributed by atoms with Crippen LogP contribution in [0.3, 0.4) is 0 Å². The van der Waals surface area contributed by atoms with Crippen LogP contribution in [0.5, 0.6) is 0 Å². The molecule has 2 aromatic carbocycles. The fourth-order valence-corrected chi connectivity index (χ4v) is 2.58. The van der Waals surface area contributed by atoms with Crippen molar-refractivity contribution in [2.75, 3.05) is 33.4 Å². The fraction of sp³-hybridized carbons (Fsp3) is 0.333. The van der Waals surface area contributed by atoms with E-state index >= 15 is 0 Å². The van der Waals surface area contributed by atoms with E-state index in [1.54, 1.807) is 12.1 Å². The van der Waals surface area contributed by atoms with Gasteiger partial charge in [-0.15, -0.1) is 0 Å². The molecule has 7 heteroatoms. The van der Waals surface area contributed by atoms with E-state index in [2.05, 4.69) is 41.8 Å². The number of nitrogens with one attached hydrogen (secondary N) is 2. The fourth-order valence-electron chi connectivity index (χ4n) is 2.58. The van der Waals surface area contributed by atoms with Crippen molar-refractivity contribution in [1.29, 1.82) is 0 Å². The van der Waals surface area contributed by atoms with Gasteiger partial charge in [-0.05, 0) is 35.2 Å². The van der Waals surface area contributed by atoms with Gasteiger partial charge >= 0.3 is 6.03 Å². The minimum atomic E-state index is -0.634. The number of ether oxygens (including phenoxy) is 1. The Labute approximate surface area is 165 Å². The van der Waals surface area contributed by atoms with Crippen molar-refractivity contribution in [3.63, 3.8) is 0 Å². The maximum atomic E-state index is 12.2. The summed E-state index contributed by atoms with van der Waals surface area (Å²) in [6.45, 7) is 2.88. The third-order valence-electron chi connectivity index (χ3n) is 4.27. The minimum Gasteiger partial charge on any atom is -0.383 e. The molecule has 0 saturated carbocycles. The zero-order valence-electron chi connectivity index (χ0n) is 16.3. The lowest BCUT2D eigenvalue weighted by Crippen LogP contribution is -2.42. The van der Waals surface area contributed by atoms with Crippen LogP contribution in [-0.2, 0) is 11.2 Å². The molecule has 0 spiro atoms. The number of methoxy groups -OCH3 is 1. The molecule has 28 heavy (non-hydrogen) atoms. The summed E-state index contributed by atoms with van der Waals surface area (Å²) in [7, 11) is 1.52. The normalized spacial score (nSPS) is 10.4. The minimum absolute atomic E-state index is 0.0214. The second-order valence-corrected chi connectivity index (χ2v) is 6.23. The standard InChI is InChI=1S/C21H27N3O4/c1-3-16-4-6-17(7-5-16)18-8-10-19(11-9-18)20(25)22-12-14-24(27)21(26)23-13-15-28-2/h4-11,27H,3,12-15H2,1-2H3,(H,22,25)(H,23,26). The summed E-state index contributed by atoms with van der Waals surface area (Å²) in [5.41, 5.74) is 3.93. The molecule has 0 bridgehead atoms. The van der Waals surface area contributed by atoms with Crippen LogP contribution in [0.4, 0.5) is 4.79 Å². The van der Waals surface area contributed by atoms with Gasteiger partial charge in [-0.2, -0.15) is 0 Å². The van der Waals surface area contributed by atoms with E-state index < -0.39 is 6.03 Å². The highest BCUT2D eigenvalue weighted by molar-refractivity contribution is 5.94. The number of amides is 3. The zero-order chi connectivity index (χ0) is 20.4. The highest BCUT2D eigenvalue weighted by Crippen LogP contribution is 2.20. The van der Waals surface area contributed by atoms with Crippen molar-refractivity contribution in [3.8, 4) is 11.1 Å². The smallest absolute Gasteiger partial charge is 0.341 e. The number of hydrogen-bond acceptors (Lipinski definition) is 4. The van der Waals surface area contributed by atoms with Crippen LogP contribution in [0.1, 0.15) is 22.8 Å². The number of rotatable bonds is 9. The molecule has 3 N–H and O–H groups in total. The largest absolute Gasteiger partial charge is 0.383 e. The number of hydroxylamine groups is 2. The maximum Gasteiger partial charge on any atom is 0.341 e. The van der Waals surface area contributed by atoms with E-state index in [4.69, 9.17) is 4.74 Å². The Morgan fingerprint density at radius 3 is 2.14 bits per heavy atom. The van der Waals surface area contributed by atoms with Gasteiger partial charge in [0.15, 0.2) is 0 Å². The molecule has 2 rings (SSSR count). The Hall–Kier alpha value is -2.90. The third kappa shape index (κ3) is 6.37. The maximum absolute atomic E-state index is 12.2. The number of carbonyl (C=O) groups is 2. The first-order valence-electron chi connectivity index (χ1n) is 9.26. The monoisotopic (exact) mass is 385 g/mol. The number of aryl methyl sites for hydroxylation is 1. The molecule has 0 aliphatic heterocycles. The van der Waals surface area contributed by atoms with Crippen LogP contribution in [0, 0.1) is 0 Å². The molecular weight excluding hydrogens is 358 g/mol. The molecular formula is C21H27N3O4. The van der Waals surface area contributed by atoms with Crippen LogP contribution < -0.4 is 10.6 Å².